The van der Waals surface area contributed by atoms with Crippen molar-refractivity contribution in [3.05, 3.63) is 28.7 Å². The first-order valence-corrected chi connectivity index (χ1v) is 7.25. The van der Waals surface area contributed by atoms with Crippen LogP contribution in [-0.2, 0) is 4.79 Å². The molecule has 0 fully saturated rings. The van der Waals surface area contributed by atoms with Gasteiger partial charge in [0.15, 0.2) is 0 Å². The van der Waals surface area contributed by atoms with Crippen LogP contribution in [0.5, 0.6) is 0 Å². The third-order valence-corrected chi connectivity index (χ3v) is 3.35. The third-order valence-electron chi connectivity index (χ3n) is 2.82. The smallest absolute Gasteiger partial charge is 0.325 e. The number of benzene rings is 1. The maximum absolute atomic E-state index is 12.4. The molecule has 0 aliphatic rings. The van der Waals surface area contributed by atoms with Gasteiger partial charge in [-0.15, -0.1) is 0 Å². The van der Waals surface area contributed by atoms with Crippen LogP contribution in [0, 0.1) is 5.92 Å². The Hall–Kier alpha value is -0.750. The van der Waals surface area contributed by atoms with E-state index in [1.165, 1.54) is 4.90 Å². The topological polar surface area (TPSA) is 41.4 Å². The van der Waals surface area contributed by atoms with Crippen molar-refractivity contribution in [3.63, 3.8) is 0 Å². The molecule has 1 unspecified atom stereocenters. The van der Waals surface area contributed by atoms with Crippen molar-refractivity contribution in [2.75, 3.05) is 41.3 Å². The number of rotatable bonds is 6. The van der Waals surface area contributed by atoms with E-state index >= 15 is 0 Å². The van der Waals surface area contributed by atoms with Crippen molar-refractivity contribution in [3.8, 4) is 0 Å². The number of halogens is 1. The molecule has 4 nitrogen and oxygen atoms in total. The largest absolute Gasteiger partial charge is 0.339 e. The molecule has 0 radical (unpaired) electrons. The number of primary amides is 1. The number of carbonyl (C=O) groups excluding carboxylic acids is 1. The van der Waals surface area contributed by atoms with E-state index in [4.69, 9.17) is 0 Å². The zero-order chi connectivity index (χ0) is 14.4. The first-order chi connectivity index (χ1) is 8.88. The van der Waals surface area contributed by atoms with E-state index in [1.54, 1.807) is 5.32 Å². The Balaban J connectivity index is 2.67. The van der Waals surface area contributed by atoms with Crippen LogP contribution in [0.2, 0.25) is 0 Å². The fourth-order valence-corrected chi connectivity index (χ4v) is 2.29. The fourth-order valence-electron chi connectivity index (χ4n) is 2.03. The Morgan fingerprint density at radius 2 is 1.89 bits per heavy atom. The Labute approximate surface area is 123 Å². The minimum Gasteiger partial charge on any atom is -0.339 e. The van der Waals surface area contributed by atoms with Crippen LogP contribution in [0.3, 0.4) is 0 Å². The third kappa shape index (κ3) is 6.29. The van der Waals surface area contributed by atoms with Gasteiger partial charge < -0.3 is 9.80 Å². The van der Waals surface area contributed by atoms with E-state index in [9.17, 15) is 4.79 Å². The first kappa shape index (κ1) is 16.3. The molecule has 0 saturated heterocycles. The molecule has 1 rings (SSSR count). The molecule has 1 amide bonds. The van der Waals surface area contributed by atoms with E-state index in [2.05, 4.69) is 34.9 Å². The van der Waals surface area contributed by atoms with Gasteiger partial charge in [0.25, 0.3) is 0 Å². The Morgan fingerprint density at radius 3 is 2.37 bits per heavy atom. The van der Waals surface area contributed by atoms with Crippen LogP contribution in [-0.4, -0.2) is 52.1 Å². The van der Waals surface area contributed by atoms with Crippen LogP contribution in [0.1, 0.15) is 0 Å². The summed E-state index contributed by atoms with van der Waals surface area (Å²) in [7, 11) is 8.17. The van der Waals surface area contributed by atoms with E-state index in [0.717, 1.165) is 23.2 Å². The number of carbonyl (C=O) groups is 1. The summed E-state index contributed by atoms with van der Waals surface area (Å²) >= 11 is 3.40. The van der Waals surface area contributed by atoms with Crippen molar-refractivity contribution < 1.29 is 15.0 Å². The number of amides is 1. The lowest BCUT2D eigenvalue weighted by molar-refractivity contribution is -0.861. The number of hydrogen-bond donors (Lipinski definition) is 2. The highest BCUT2D eigenvalue weighted by atomic mass is 79.9. The second-order valence-corrected chi connectivity index (χ2v) is 6.38. The van der Waals surface area contributed by atoms with Gasteiger partial charge in [0.2, 0.25) is 0 Å². The quantitative estimate of drug-likeness (QED) is 0.690. The molecule has 5 heteroatoms. The molecule has 0 spiro atoms. The molecule has 0 aliphatic heterocycles. The molecule has 0 bridgehead atoms. The predicted octanol–water partition coefficient (Wildman–Crippen LogP) is -0.507. The SMILES string of the molecule is CN(C)CC(C[NH+](C)C)C(=O)[NH2+]c1ccc(Br)cc1. The Bertz CT molecular complexity index is 394. The molecule has 19 heavy (non-hydrogen) atoms. The highest BCUT2D eigenvalue weighted by molar-refractivity contribution is 9.10. The number of hydrogen-bond acceptors (Lipinski definition) is 2. The van der Waals surface area contributed by atoms with E-state index in [1.807, 2.05) is 38.4 Å². The van der Waals surface area contributed by atoms with Gasteiger partial charge in [0, 0.05) is 23.2 Å². The molecule has 3 N–H and O–H groups in total. The average Bonchev–Trinajstić information content (AvgIpc) is 2.30. The Kier molecular flexibility index (Phi) is 6.65. The summed E-state index contributed by atoms with van der Waals surface area (Å²) in [5, 5.41) is 1.75. The van der Waals surface area contributed by atoms with Gasteiger partial charge in [-0.05, 0) is 26.2 Å². The minimum absolute atomic E-state index is 0.0450. The van der Waals surface area contributed by atoms with Crippen molar-refractivity contribution in [2.45, 2.75) is 0 Å². The summed E-state index contributed by atoms with van der Waals surface area (Å²) in [6.45, 7) is 1.64. The van der Waals surface area contributed by atoms with Gasteiger partial charge in [-0.25, -0.2) is 4.79 Å². The van der Waals surface area contributed by atoms with E-state index < -0.39 is 0 Å². The summed E-state index contributed by atoms with van der Waals surface area (Å²) in [5.41, 5.74) is 0.964. The summed E-state index contributed by atoms with van der Waals surface area (Å²) in [6.07, 6.45) is 0. The van der Waals surface area contributed by atoms with Crippen molar-refractivity contribution in [1.82, 2.24) is 4.90 Å². The average molecular weight is 330 g/mol. The first-order valence-electron chi connectivity index (χ1n) is 6.46. The van der Waals surface area contributed by atoms with Gasteiger partial charge >= 0.3 is 5.91 Å². The number of nitrogens with one attached hydrogen (secondary N) is 1. The Morgan fingerprint density at radius 1 is 1.32 bits per heavy atom. The zero-order valence-electron chi connectivity index (χ0n) is 12.1. The normalized spacial score (nSPS) is 13.0. The number of quaternary nitrogens is 2. The van der Waals surface area contributed by atoms with Crippen LogP contribution in [0.15, 0.2) is 28.7 Å². The maximum atomic E-state index is 12.4. The zero-order valence-corrected chi connectivity index (χ0v) is 13.7. The van der Waals surface area contributed by atoms with Gasteiger partial charge in [0.05, 0.1) is 20.6 Å². The van der Waals surface area contributed by atoms with E-state index in [0.29, 0.717) is 0 Å². The van der Waals surface area contributed by atoms with Gasteiger partial charge in [-0.2, -0.15) is 0 Å². The number of nitrogens with zero attached hydrogens (tertiary/aromatic N) is 1. The van der Waals surface area contributed by atoms with Crippen molar-refractivity contribution in [2.24, 2.45) is 5.92 Å². The second-order valence-electron chi connectivity index (χ2n) is 5.47. The summed E-state index contributed by atoms with van der Waals surface area (Å²) < 4.78 is 1.03. The monoisotopic (exact) mass is 329 g/mol. The van der Waals surface area contributed by atoms with Crippen molar-refractivity contribution in [1.29, 1.82) is 0 Å². The molecule has 106 valence electrons. The standard InChI is InChI=1S/C14H22BrN3O/c1-17(2)9-11(10-18(3)4)14(19)16-13-7-5-12(15)6-8-13/h5-8,11H,9-10H2,1-4H3,(H,16,19)/p+2. The maximum Gasteiger partial charge on any atom is 0.325 e. The van der Waals surface area contributed by atoms with Gasteiger partial charge in [-0.3, -0.25) is 5.32 Å². The molecule has 1 aromatic rings. The molecule has 0 heterocycles. The molecule has 0 saturated carbocycles. The van der Waals surface area contributed by atoms with Crippen LogP contribution in [0.4, 0.5) is 5.69 Å². The number of nitrogens with two attached hydrogens (primary N) is 1. The lowest BCUT2D eigenvalue weighted by atomic mass is 10.1. The van der Waals surface area contributed by atoms with Crippen LogP contribution < -0.4 is 10.2 Å². The van der Waals surface area contributed by atoms with Crippen LogP contribution >= 0.6 is 15.9 Å². The van der Waals surface area contributed by atoms with Gasteiger partial charge in [-0.1, -0.05) is 15.9 Å². The molecule has 1 aromatic carbocycles. The summed E-state index contributed by atoms with van der Waals surface area (Å²) in [5.74, 6) is 0.251. The molecule has 0 aromatic heterocycles. The molecule has 1 atom stereocenters. The lowest BCUT2D eigenvalue weighted by Gasteiger charge is -2.19. The fraction of sp³-hybridized carbons (Fsp3) is 0.500. The molecular weight excluding hydrogens is 306 g/mol. The van der Waals surface area contributed by atoms with Crippen molar-refractivity contribution >= 4 is 27.5 Å². The summed E-state index contributed by atoms with van der Waals surface area (Å²) in [6, 6.07) is 7.82. The molecule has 0 aliphatic carbocycles. The highest BCUT2D eigenvalue weighted by Crippen LogP contribution is 2.10. The van der Waals surface area contributed by atoms with Crippen LogP contribution in [0.25, 0.3) is 0 Å². The lowest BCUT2D eigenvalue weighted by Crippen LogP contribution is -3.07. The predicted molar refractivity (Wildman–Crippen MR) is 80.5 cm³/mol. The molecular formula is C14H24BrN3O+2. The second kappa shape index (κ2) is 7.75. The minimum atomic E-state index is 0.0450. The van der Waals surface area contributed by atoms with E-state index in [-0.39, 0.29) is 11.8 Å². The highest BCUT2D eigenvalue weighted by Gasteiger charge is 2.26. The van der Waals surface area contributed by atoms with Gasteiger partial charge in [0.1, 0.15) is 11.6 Å². The summed E-state index contributed by atoms with van der Waals surface area (Å²) in [4.78, 5) is 15.7.